The topological polar surface area (TPSA) is 46.9 Å². The molecule has 0 unspecified atom stereocenters. The van der Waals surface area contributed by atoms with E-state index in [-0.39, 0.29) is 17.2 Å². The second-order valence-electron chi connectivity index (χ2n) is 4.87. The Kier molecular flexibility index (Phi) is 4.39. The first kappa shape index (κ1) is 15.2. The van der Waals surface area contributed by atoms with Gasteiger partial charge in [0, 0.05) is 29.6 Å². The first-order valence-corrected chi connectivity index (χ1v) is 7.34. The average molecular weight is 330 g/mol. The summed E-state index contributed by atoms with van der Waals surface area (Å²) in [5.74, 6) is -0.148. The number of aromatic nitrogens is 2. The van der Waals surface area contributed by atoms with Crippen LogP contribution in [0.25, 0.3) is 5.69 Å². The van der Waals surface area contributed by atoms with E-state index in [1.165, 1.54) is 41.2 Å². The Morgan fingerprint density at radius 1 is 1.13 bits per heavy atom. The van der Waals surface area contributed by atoms with Crippen molar-refractivity contribution in [3.63, 3.8) is 0 Å². The van der Waals surface area contributed by atoms with E-state index < -0.39 is 0 Å². The summed E-state index contributed by atoms with van der Waals surface area (Å²) in [6, 6.07) is 13.1. The Morgan fingerprint density at radius 2 is 1.87 bits per heavy atom. The van der Waals surface area contributed by atoms with E-state index in [4.69, 9.17) is 11.6 Å². The first-order valence-electron chi connectivity index (χ1n) is 6.96. The SMILES string of the molecule is O=c1c(NCc2ccccc2Cl)nccn1-c1ccc(F)cc1. The van der Waals surface area contributed by atoms with Crippen LogP contribution in [0.1, 0.15) is 5.56 Å². The molecular weight excluding hydrogens is 317 g/mol. The van der Waals surface area contributed by atoms with Crippen molar-refractivity contribution >= 4 is 17.4 Å². The van der Waals surface area contributed by atoms with Crippen LogP contribution in [0.3, 0.4) is 0 Å². The van der Waals surface area contributed by atoms with E-state index in [2.05, 4.69) is 10.3 Å². The van der Waals surface area contributed by atoms with Gasteiger partial charge in [-0.3, -0.25) is 9.36 Å². The van der Waals surface area contributed by atoms with E-state index in [0.717, 1.165) is 5.56 Å². The molecule has 1 N–H and O–H groups in total. The second-order valence-corrected chi connectivity index (χ2v) is 5.28. The molecule has 116 valence electrons. The molecule has 23 heavy (non-hydrogen) atoms. The highest BCUT2D eigenvalue weighted by atomic mass is 35.5. The first-order chi connectivity index (χ1) is 11.1. The van der Waals surface area contributed by atoms with Crippen molar-refractivity contribution in [2.45, 2.75) is 6.54 Å². The number of anilines is 1. The van der Waals surface area contributed by atoms with Crippen LogP contribution in [0.2, 0.25) is 5.02 Å². The predicted molar refractivity (Wildman–Crippen MR) is 88.6 cm³/mol. The van der Waals surface area contributed by atoms with Gasteiger partial charge < -0.3 is 5.32 Å². The summed E-state index contributed by atoms with van der Waals surface area (Å²) in [6.45, 7) is 0.384. The summed E-state index contributed by atoms with van der Waals surface area (Å²) in [4.78, 5) is 16.5. The molecule has 0 fully saturated rings. The standard InChI is InChI=1S/C17H13ClFN3O/c18-15-4-2-1-3-12(15)11-21-16-17(23)22(10-9-20-16)14-7-5-13(19)6-8-14/h1-10H,11H2,(H,20,21). The summed E-state index contributed by atoms with van der Waals surface area (Å²) in [5.41, 5.74) is 1.12. The molecule has 0 amide bonds. The molecule has 0 radical (unpaired) electrons. The number of nitrogens with one attached hydrogen (secondary N) is 1. The molecule has 1 heterocycles. The van der Waals surface area contributed by atoms with Crippen LogP contribution in [0.4, 0.5) is 10.2 Å². The maximum absolute atomic E-state index is 13.0. The van der Waals surface area contributed by atoms with Crippen molar-refractivity contribution in [1.29, 1.82) is 0 Å². The maximum atomic E-state index is 13.0. The van der Waals surface area contributed by atoms with Crippen LogP contribution in [0.5, 0.6) is 0 Å². The van der Waals surface area contributed by atoms with Crippen LogP contribution in [-0.2, 0) is 6.54 Å². The van der Waals surface area contributed by atoms with Crippen LogP contribution < -0.4 is 10.9 Å². The van der Waals surface area contributed by atoms with E-state index in [1.54, 1.807) is 6.07 Å². The van der Waals surface area contributed by atoms with E-state index in [0.29, 0.717) is 17.3 Å². The monoisotopic (exact) mass is 329 g/mol. The number of hydrogen-bond acceptors (Lipinski definition) is 3. The smallest absolute Gasteiger partial charge is 0.297 e. The summed E-state index contributed by atoms with van der Waals surface area (Å²) in [5, 5.41) is 3.61. The van der Waals surface area contributed by atoms with Crippen molar-refractivity contribution in [3.8, 4) is 5.69 Å². The van der Waals surface area contributed by atoms with E-state index in [1.807, 2.05) is 18.2 Å². The number of hydrogen-bond donors (Lipinski definition) is 1. The molecule has 0 bridgehead atoms. The predicted octanol–water partition coefficient (Wildman–Crippen LogP) is 3.64. The van der Waals surface area contributed by atoms with Gasteiger partial charge in [0.15, 0.2) is 5.82 Å². The van der Waals surface area contributed by atoms with Gasteiger partial charge in [0.25, 0.3) is 5.56 Å². The van der Waals surface area contributed by atoms with E-state index >= 15 is 0 Å². The molecule has 0 saturated heterocycles. The third-order valence-corrected chi connectivity index (χ3v) is 3.72. The highest BCUT2D eigenvalue weighted by Gasteiger charge is 2.07. The van der Waals surface area contributed by atoms with Gasteiger partial charge in [0.05, 0.1) is 0 Å². The minimum absolute atomic E-state index is 0.205. The summed E-state index contributed by atoms with van der Waals surface area (Å²) in [7, 11) is 0. The summed E-state index contributed by atoms with van der Waals surface area (Å²) < 4.78 is 14.4. The molecule has 0 aliphatic carbocycles. The molecule has 0 spiro atoms. The van der Waals surface area contributed by atoms with Crippen molar-refractivity contribution in [1.82, 2.24) is 9.55 Å². The number of halogens is 2. The average Bonchev–Trinajstić information content (AvgIpc) is 2.56. The normalized spacial score (nSPS) is 10.5. The van der Waals surface area contributed by atoms with Crippen molar-refractivity contribution in [2.24, 2.45) is 0 Å². The Hall–Kier alpha value is -2.66. The molecule has 3 aromatic rings. The Balaban J connectivity index is 1.87. The van der Waals surface area contributed by atoms with Gasteiger partial charge in [0.1, 0.15) is 5.82 Å². The van der Waals surface area contributed by atoms with Gasteiger partial charge in [-0.05, 0) is 35.9 Å². The lowest BCUT2D eigenvalue weighted by atomic mass is 10.2. The molecule has 0 aliphatic rings. The number of benzene rings is 2. The summed E-state index contributed by atoms with van der Waals surface area (Å²) >= 11 is 6.09. The number of rotatable bonds is 4. The molecule has 4 nitrogen and oxygen atoms in total. The molecule has 1 aromatic heterocycles. The molecule has 0 saturated carbocycles. The van der Waals surface area contributed by atoms with Crippen molar-refractivity contribution in [3.05, 3.63) is 87.7 Å². The fourth-order valence-corrected chi connectivity index (χ4v) is 2.36. The van der Waals surface area contributed by atoms with Crippen LogP contribution in [-0.4, -0.2) is 9.55 Å². The Morgan fingerprint density at radius 3 is 2.61 bits per heavy atom. The van der Waals surface area contributed by atoms with Crippen LogP contribution in [0.15, 0.2) is 65.7 Å². The largest absolute Gasteiger partial charge is 0.361 e. The lowest BCUT2D eigenvalue weighted by Gasteiger charge is -2.10. The minimum Gasteiger partial charge on any atom is -0.361 e. The maximum Gasteiger partial charge on any atom is 0.297 e. The Labute approximate surface area is 137 Å². The Bertz CT molecular complexity index is 878. The van der Waals surface area contributed by atoms with Crippen LogP contribution >= 0.6 is 11.6 Å². The zero-order valence-electron chi connectivity index (χ0n) is 12.0. The van der Waals surface area contributed by atoms with E-state index in [9.17, 15) is 9.18 Å². The molecular formula is C17H13ClFN3O. The number of nitrogens with zero attached hydrogens (tertiary/aromatic N) is 2. The zero-order chi connectivity index (χ0) is 16.2. The molecule has 3 rings (SSSR count). The quantitative estimate of drug-likeness (QED) is 0.795. The van der Waals surface area contributed by atoms with Crippen molar-refractivity contribution in [2.75, 3.05) is 5.32 Å². The zero-order valence-corrected chi connectivity index (χ0v) is 12.8. The van der Waals surface area contributed by atoms with Crippen LogP contribution in [0, 0.1) is 5.82 Å². The van der Waals surface area contributed by atoms with Gasteiger partial charge in [0.2, 0.25) is 0 Å². The third kappa shape index (κ3) is 3.40. The highest BCUT2D eigenvalue weighted by molar-refractivity contribution is 6.31. The molecule has 0 atom stereocenters. The van der Waals surface area contributed by atoms with Gasteiger partial charge >= 0.3 is 0 Å². The van der Waals surface area contributed by atoms with Gasteiger partial charge in [-0.1, -0.05) is 29.8 Å². The second kappa shape index (κ2) is 6.62. The van der Waals surface area contributed by atoms with Crippen molar-refractivity contribution < 1.29 is 4.39 Å². The lowest BCUT2D eigenvalue weighted by molar-refractivity contribution is 0.627. The molecule has 2 aromatic carbocycles. The highest BCUT2D eigenvalue weighted by Crippen LogP contribution is 2.15. The van der Waals surface area contributed by atoms with Gasteiger partial charge in [-0.25, -0.2) is 9.37 Å². The lowest BCUT2D eigenvalue weighted by Crippen LogP contribution is -2.23. The molecule has 0 aliphatic heterocycles. The van der Waals surface area contributed by atoms with Gasteiger partial charge in [-0.2, -0.15) is 0 Å². The summed E-state index contributed by atoms with van der Waals surface area (Å²) in [6.07, 6.45) is 3.05. The van der Waals surface area contributed by atoms with Gasteiger partial charge in [-0.15, -0.1) is 0 Å². The molecule has 6 heteroatoms. The minimum atomic E-state index is -0.354. The fraction of sp³-hybridized carbons (Fsp3) is 0.0588. The third-order valence-electron chi connectivity index (χ3n) is 3.35. The fourth-order valence-electron chi connectivity index (χ4n) is 2.16.